The first kappa shape index (κ1) is 24.5. The third kappa shape index (κ3) is 2.02. The van der Waals surface area contributed by atoms with Gasteiger partial charge in [-0.25, -0.2) is 0 Å². The maximum absolute atomic E-state index is 14.1. The molecule has 12 unspecified atom stereocenters. The lowest BCUT2D eigenvalue weighted by molar-refractivity contribution is -0.478. The average Bonchev–Trinajstić information content (AvgIpc) is 3.55. The van der Waals surface area contributed by atoms with Crippen molar-refractivity contribution in [2.45, 2.75) is 100 Å². The van der Waals surface area contributed by atoms with Gasteiger partial charge in [-0.3, -0.25) is 14.4 Å². The predicted molar refractivity (Wildman–Crippen MR) is 126 cm³/mol. The zero-order valence-corrected chi connectivity index (χ0v) is 22.2. The SMILES string of the molecule is CC12OC34C5CC(=O)OC3C3(O)C(O)C6(C)CC3(O1)C(C)(C6CC(=O)O)C4(CCC5(C)C(=O)c1ccoc1)O2. The number of Topliss-reactive ketones (excluding diaryl/α,β-unsaturated/α-hetero) is 1. The molecule has 3 N–H and O–H groups in total. The first-order valence-electron chi connectivity index (χ1n) is 13.6. The van der Waals surface area contributed by atoms with Crippen molar-refractivity contribution in [2.75, 3.05) is 0 Å². The molecule has 3 saturated heterocycles. The van der Waals surface area contributed by atoms with Gasteiger partial charge in [-0.2, -0.15) is 0 Å². The van der Waals surface area contributed by atoms with Gasteiger partial charge in [0.15, 0.2) is 17.5 Å². The molecule has 39 heavy (non-hydrogen) atoms. The molecule has 210 valence electrons. The van der Waals surface area contributed by atoms with Gasteiger partial charge in [0.05, 0.1) is 24.4 Å². The van der Waals surface area contributed by atoms with Crippen LogP contribution in [0.2, 0.25) is 0 Å². The molecule has 4 saturated carbocycles. The molecular weight excluding hydrogens is 512 g/mol. The minimum atomic E-state index is -2.14. The Labute approximate surface area is 223 Å². The van der Waals surface area contributed by atoms with Crippen molar-refractivity contribution in [1.82, 2.24) is 0 Å². The van der Waals surface area contributed by atoms with E-state index in [2.05, 4.69) is 0 Å². The summed E-state index contributed by atoms with van der Waals surface area (Å²) in [6.45, 7) is 7.05. The van der Waals surface area contributed by atoms with E-state index >= 15 is 0 Å². The lowest BCUT2D eigenvalue weighted by Gasteiger charge is -2.77. The van der Waals surface area contributed by atoms with E-state index in [0.29, 0.717) is 12.0 Å². The molecule has 1 aromatic rings. The van der Waals surface area contributed by atoms with Gasteiger partial charge in [0.1, 0.15) is 23.1 Å². The highest BCUT2D eigenvalue weighted by molar-refractivity contribution is 6.01. The second-order valence-electron chi connectivity index (χ2n) is 13.8. The van der Waals surface area contributed by atoms with Crippen molar-refractivity contribution in [2.24, 2.45) is 28.1 Å². The second kappa shape index (κ2) is 6.28. The van der Waals surface area contributed by atoms with Crippen LogP contribution in [0.4, 0.5) is 0 Å². The highest BCUT2D eigenvalue weighted by Gasteiger charge is 3.03. The van der Waals surface area contributed by atoms with Crippen molar-refractivity contribution in [3.63, 3.8) is 0 Å². The maximum atomic E-state index is 14.1. The van der Waals surface area contributed by atoms with E-state index < -0.39 is 80.6 Å². The monoisotopic (exact) mass is 544 g/mol. The summed E-state index contributed by atoms with van der Waals surface area (Å²) in [6.07, 6.45) is 0.120. The lowest BCUT2D eigenvalue weighted by atomic mass is 9.33. The van der Waals surface area contributed by atoms with Gasteiger partial charge in [-0.15, -0.1) is 0 Å². The Bertz CT molecular complexity index is 1380. The minimum Gasteiger partial charge on any atom is -0.481 e. The van der Waals surface area contributed by atoms with E-state index in [9.17, 15) is 29.7 Å². The van der Waals surface area contributed by atoms with Crippen molar-refractivity contribution < 1.29 is 53.1 Å². The number of aliphatic hydroxyl groups is 2. The summed E-state index contributed by atoms with van der Waals surface area (Å²) in [5.41, 5.74) is -9.61. The number of ketones is 1. The second-order valence-corrected chi connectivity index (χ2v) is 13.8. The number of carbonyl (C=O) groups is 3. The zero-order valence-electron chi connectivity index (χ0n) is 22.2. The zero-order chi connectivity index (χ0) is 27.8. The van der Waals surface area contributed by atoms with Gasteiger partial charge in [-0.05, 0) is 31.2 Å². The molecule has 11 nitrogen and oxygen atoms in total. The molecule has 1 aromatic heterocycles. The summed E-state index contributed by atoms with van der Waals surface area (Å²) in [5.74, 6) is -5.09. The van der Waals surface area contributed by atoms with Gasteiger partial charge in [-0.1, -0.05) is 20.8 Å². The van der Waals surface area contributed by atoms with Crippen LogP contribution in [-0.2, 0) is 28.5 Å². The number of esters is 1. The summed E-state index contributed by atoms with van der Waals surface area (Å²) in [6, 6.07) is 1.57. The van der Waals surface area contributed by atoms with Gasteiger partial charge in [0, 0.05) is 35.5 Å². The molecule has 3 aliphatic heterocycles. The molecule has 4 heterocycles. The van der Waals surface area contributed by atoms with Crippen LogP contribution in [0.1, 0.15) is 70.2 Å². The van der Waals surface area contributed by atoms with Crippen LogP contribution < -0.4 is 0 Å². The third-order valence-electron chi connectivity index (χ3n) is 12.6. The predicted octanol–water partition coefficient (Wildman–Crippen LogP) is 1.79. The Morgan fingerprint density at radius 2 is 1.79 bits per heavy atom. The van der Waals surface area contributed by atoms with Crippen molar-refractivity contribution in [1.29, 1.82) is 0 Å². The Morgan fingerprint density at radius 1 is 1.08 bits per heavy atom. The van der Waals surface area contributed by atoms with Gasteiger partial charge in [0.2, 0.25) is 0 Å². The summed E-state index contributed by atoms with van der Waals surface area (Å²) < 4.78 is 31.5. The fourth-order valence-corrected chi connectivity index (χ4v) is 11.4. The number of fused-ring (bicyclic) bond motifs is 3. The molecule has 7 aliphatic rings. The molecule has 12 atom stereocenters. The number of aliphatic carboxylic acids is 1. The lowest BCUT2D eigenvalue weighted by Crippen LogP contribution is -2.94. The highest BCUT2D eigenvalue weighted by Crippen LogP contribution is 2.89. The molecule has 3 spiro atoms. The highest BCUT2D eigenvalue weighted by atomic mass is 16.9. The van der Waals surface area contributed by atoms with Gasteiger partial charge >= 0.3 is 11.9 Å². The normalized spacial score (nSPS) is 59.3. The van der Waals surface area contributed by atoms with Crippen LogP contribution in [0.3, 0.4) is 0 Å². The molecule has 0 radical (unpaired) electrons. The van der Waals surface area contributed by atoms with E-state index in [-0.39, 0.29) is 31.5 Å². The molecule has 11 heteroatoms. The average molecular weight is 545 g/mol. The van der Waals surface area contributed by atoms with Crippen molar-refractivity contribution in [3.8, 4) is 0 Å². The molecule has 7 fully saturated rings. The van der Waals surface area contributed by atoms with Crippen LogP contribution >= 0.6 is 0 Å². The minimum absolute atomic E-state index is 0.135. The summed E-state index contributed by atoms with van der Waals surface area (Å²) in [4.78, 5) is 39.7. The molecule has 4 bridgehead atoms. The van der Waals surface area contributed by atoms with Crippen LogP contribution in [-0.4, -0.2) is 73.6 Å². The molecular formula is C28H32O11. The number of hydrogen-bond acceptors (Lipinski definition) is 10. The number of ether oxygens (including phenoxy) is 4. The molecule has 0 aromatic carbocycles. The molecule has 0 amide bonds. The largest absolute Gasteiger partial charge is 0.481 e. The maximum Gasteiger partial charge on any atom is 0.306 e. The van der Waals surface area contributed by atoms with E-state index in [1.54, 1.807) is 26.8 Å². The number of aliphatic hydroxyl groups excluding tert-OH is 1. The Morgan fingerprint density at radius 3 is 2.46 bits per heavy atom. The van der Waals surface area contributed by atoms with E-state index in [0.717, 1.165) is 0 Å². The summed E-state index contributed by atoms with van der Waals surface area (Å²) >= 11 is 0. The fourth-order valence-electron chi connectivity index (χ4n) is 11.4. The molecule has 4 aliphatic carbocycles. The smallest absolute Gasteiger partial charge is 0.306 e. The van der Waals surface area contributed by atoms with Crippen LogP contribution in [0, 0.1) is 28.1 Å². The Hall–Kier alpha value is -2.31. The van der Waals surface area contributed by atoms with Gasteiger partial charge in [0.25, 0.3) is 5.97 Å². The quantitative estimate of drug-likeness (QED) is 0.374. The van der Waals surface area contributed by atoms with E-state index in [4.69, 9.17) is 23.4 Å². The van der Waals surface area contributed by atoms with Crippen LogP contribution in [0.25, 0.3) is 0 Å². The first-order valence-corrected chi connectivity index (χ1v) is 13.6. The number of carbonyl (C=O) groups excluding carboxylic acids is 2. The van der Waals surface area contributed by atoms with Crippen molar-refractivity contribution >= 4 is 17.7 Å². The van der Waals surface area contributed by atoms with Gasteiger partial charge < -0.3 is 38.7 Å². The number of hydrogen-bond donors (Lipinski definition) is 3. The summed E-state index contributed by atoms with van der Waals surface area (Å²) in [5, 5.41) is 34.8. The standard InChI is InChI=1S/C28H32O11/c1-21(18(32)13-5-8-35-11-13)6-7-25-23(3)14(9-16(29)30)22(2)12-26(23)27(34,19(22)33)20-28(25,15(21)10-17(31)36-20)39-24(4,37-25)38-26/h5,8,11,14-15,19-20,33-34H,6-7,9-10,12H2,1-4H3,(H,29,30). The van der Waals surface area contributed by atoms with E-state index in [1.807, 2.05) is 6.92 Å². The number of furan rings is 1. The first-order chi connectivity index (χ1) is 18.1. The Balaban J connectivity index is 1.45. The fraction of sp³-hybridized carbons (Fsp3) is 0.750. The van der Waals surface area contributed by atoms with E-state index in [1.165, 1.54) is 12.5 Å². The Kier molecular flexibility index (Phi) is 3.94. The van der Waals surface area contributed by atoms with Crippen LogP contribution in [0.15, 0.2) is 23.0 Å². The topological polar surface area (TPSA) is 162 Å². The number of rotatable bonds is 4. The summed E-state index contributed by atoms with van der Waals surface area (Å²) in [7, 11) is 0. The van der Waals surface area contributed by atoms with Crippen LogP contribution in [0.5, 0.6) is 0 Å². The number of carboxylic acids is 1. The molecule has 8 rings (SSSR count). The number of carboxylic acid groups (broad SMARTS) is 1. The van der Waals surface area contributed by atoms with Crippen molar-refractivity contribution in [3.05, 3.63) is 24.2 Å². The third-order valence-corrected chi connectivity index (χ3v) is 12.6.